The number of hydrogen-bond donors (Lipinski definition) is 4. The second-order valence-electron chi connectivity index (χ2n) is 31.3. The van der Waals surface area contributed by atoms with Crippen molar-refractivity contribution >= 4 is 105 Å². The van der Waals surface area contributed by atoms with Gasteiger partial charge in [-0.2, -0.15) is 0 Å². The Kier molecular flexibility index (Phi) is 28.7. The van der Waals surface area contributed by atoms with Gasteiger partial charge in [0.15, 0.2) is 52.4 Å². The molecule has 0 unspecified atom stereocenters. The molecule has 0 aliphatic rings. The normalized spacial score (nSPS) is 10.8. The Bertz CT molecular complexity index is 7620. The van der Waals surface area contributed by atoms with E-state index in [-0.39, 0.29) is 0 Å². The highest BCUT2D eigenvalue weighted by Gasteiger charge is 2.21. The summed E-state index contributed by atoms with van der Waals surface area (Å²) < 4.78 is 2.90. The van der Waals surface area contributed by atoms with Crippen molar-refractivity contribution in [2.45, 2.75) is 0 Å². The molecule has 0 saturated carbocycles. The Morgan fingerprint density at radius 2 is 0.437 bits per heavy atom. The number of rotatable bonds is 16. The zero-order chi connectivity index (χ0) is 92.2. The molecule has 646 valence electrons. The molecule has 0 radical (unpaired) electrons. The first-order valence-electron chi connectivity index (χ1n) is 43.5. The van der Waals surface area contributed by atoms with Crippen molar-refractivity contribution < 1.29 is 20.1 Å². The summed E-state index contributed by atoms with van der Waals surface area (Å²) in [5.41, 5.74) is 20.1. The van der Waals surface area contributed by atoms with Crippen LogP contribution in [0.5, 0.6) is 0 Å². The lowest BCUT2D eigenvalue weighted by Crippen LogP contribution is -2.30. The minimum absolute atomic E-state index is 0.481. The molecule has 22 rings (SSSR count). The lowest BCUT2D eigenvalue weighted by atomic mass is 9.77. The van der Waals surface area contributed by atoms with Gasteiger partial charge in [-0.25, -0.2) is 44.9 Å². The Labute approximate surface area is 807 Å². The first kappa shape index (κ1) is 89.8. The van der Waals surface area contributed by atoms with Crippen LogP contribution in [0.1, 0.15) is 0 Å². The molecule has 0 bridgehead atoms. The van der Waals surface area contributed by atoms with E-state index in [1.165, 1.54) is 27.1 Å². The van der Waals surface area contributed by atoms with E-state index in [2.05, 4.69) is 203 Å². The van der Waals surface area contributed by atoms with Crippen LogP contribution < -0.4 is 10.9 Å². The topological polar surface area (TPSA) is 223 Å². The SMILES string of the molecule is Brc1cc(-c2nc(-c3ccccc3)nc(-c3ccccc3)n2)cc(-c2cccc3ccccc23)c1.Brc1cc(Br)cc(-c2nc(-c3ccccc3)nc(-c3ccccc3)n2)c1.OB(O)c1ccc(-c2ccccn2)cc1.OB(O)c1cccc2ccccc12.c1ccc(-c2nc(-c3ccccc3)nc(-c3cc(-c4ccc(-c5ccccn5)cc4)cc(-c4cccc5ccccc45)c3)n2)cc1. The fourth-order valence-corrected chi connectivity index (χ4v) is 17.4. The molecule has 135 heavy (non-hydrogen) atoms. The Morgan fingerprint density at radius 1 is 0.178 bits per heavy atom. The van der Waals surface area contributed by atoms with E-state index in [4.69, 9.17) is 65.0 Å². The number of fused-ring (bicyclic) bond motifs is 3. The number of pyridine rings is 2. The monoisotopic (exact) mass is 1940 g/mol. The fraction of sp³-hybridized carbons (Fsp3) is 0. The van der Waals surface area contributed by atoms with Crippen LogP contribution in [-0.4, -0.2) is 89.2 Å². The number of nitrogens with zero attached hydrogens (tertiary/aromatic N) is 11. The molecule has 0 fully saturated rings. The van der Waals surface area contributed by atoms with Crippen molar-refractivity contribution in [3.05, 3.63) is 475 Å². The van der Waals surface area contributed by atoms with E-state index >= 15 is 0 Å². The quantitative estimate of drug-likeness (QED) is 0.0661. The maximum atomic E-state index is 9.08. The molecule has 0 atom stereocenters. The van der Waals surface area contributed by atoms with Crippen LogP contribution in [0, 0.1) is 0 Å². The third-order valence-corrected chi connectivity index (χ3v) is 23.6. The van der Waals surface area contributed by atoms with Crippen LogP contribution in [-0.2, 0) is 0 Å². The number of hydrogen-bond acceptors (Lipinski definition) is 15. The van der Waals surface area contributed by atoms with Crippen LogP contribution >= 0.6 is 47.8 Å². The van der Waals surface area contributed by atoms with Crippen molar-refractivity contribution in [2.75, 3.05) is 0 Å². The van der Waals surface area contributed by atoms with Crippen LogP contribution in [0.2, 0.25) is 0 Å². The number of halogens is 3. The minimum Gasteiger partial charge on any atom is -0.423 e. The van der Waals surface area contributed by atoms with Crippen LogP contribution in [0.25, 0.3) is 191 Å². The van der Waals surface area contributed by atoms with Crippen LogP contribution in [0.15, 0.2) is 475 Å². The summed E-state index contributed by atoms with van der Waals surface area (Å²) in [6.45, 7) is 0. The largest absolute Gasteiger partial charge is 0.489 e. The summed E-state index contributed by atoms with van der Waals surface area (Å²) in [6.07, 6.45) is 3.55. The predicted octanol–water partition coefficient (Wildman–Crippen LogP) is 26.2. The van der Waals surface area contributed by atoms with E-state index < -0.39 is 14.2 Å². The van der Waals surface area contributed by atoms with Gasteiger partial charge in [0, 0.05) is 87.0 Å². The molecule has 0 amide bonds. The van der Waals surface area contributed by atoms with Crippen LogP contribution in [0.4, 0.5) is 0 Å². The highest BCUT2D eigenvalue weighted by molar-refractivity contribution is 9.11. The number of aromatic nitrogens is 11. The second-order valence-corrected chi connectivity index (χ2v) is 34.0. The van der Waals surface area contributed by atoms with E-state index in [1.807, 2.05) is 291 Å². The van der Waals surface area contributed by atoms with Gasteiger partial charge < -0.3 is 20.1 Å². The first-order valence-corrected chi connectivity index (χ1v) is 45.9. The molecule has 0 aliphatic heterocycles. The van der Waals surface area contributed by atoms with Gasteiger partial charge in [-0.15, -0.1) is 0 Å². The third-order valence-electron chi connectivity index (χ3n) is 22.2. The average molecular weight is 1940 g/mol. The Hall–Kier alpha value is -15.7. The molecule has 5 heterocycles. The zero-order valence-corrected chi connectivity index (χ0v) is 77.1. The van der Waals surface area contributed by atoms with Gasteiger partial charge in [-0.1, -0.05) is 418 Å². The highest BCUT2D eigenvalue weighted by Crippen LogP contribution is 2.40. The molecule has 0 spiro atoms. The van der Waals surface area contributed by atoms with Crippen molar-refractivity contribution in [3.8, 4) is 158 Å². The fourth-order valence-electron chi connectivity index (χ4n) is 15.6. The molecule has 5 aromatic heterocycles. The third kappa shape index (κ3) is 22.4. The lowest BCUT2D eigenvalue weighted by Gasteiger charge is -2.14. The minimum atomic E-state index is -1.41. The van der Waals surface area contributed by atoms with Gasteiger partial charge in [-0.05, 0) is 155 Å². The van der Waals surface area contributed by atoms with Crippen molar-refractivity contribution in [2.24, 2.45) is 0 Å². The van der Waals surface area contributed by atoms with Crippen LogP contribution in [0.3, 0.4) is 0 Å². The molecule has 20 heteroatoms. The van der Waals surface area contributed by atoms with E-state index in [0.717, 1.165) is 125 Å². The molecule has 0 aliphatic carbocycles. The van der Waals surface area contributed by atoms with Gasteiger partial charge in [0.05, 0.1) is 11.4 Å². The predicted molar refractivity (Wildman–Crippen MR) is 559 cm³/mol. The van der Waals surface area contributed by atoms with Gasteiger partial charge in [0.2, 0.25) is 0 Å². The van der Waals surface area contributed by atoms with E-state index in [1.54, 1.807) is 24.4 Å². The summed E-state index contributed by atoms with van der Waals surface area (Å²) >= 11 is 10.8. The second kappa shape index (κ2) is 43.1. The molecule has 17 aromatic carbocycles. The molecular weight excluding hydrogens is 1860 g/mol. The first-order chi connectivity index (χ1) is 66.3. The van der Waals surface area contributed by atoms with Gasteiger partial charge >= 0.3 is 14.2 Å². The molecule has 0 saturated heterocycles. The molecule has 15 nitrogen and oxygen atoms in total. The van der Waals surface area contributed by atoms with Gasteiger partial charge in [-0.3, -0.25) is 9.97 Å². The molecule has 22 aromatic rings. The van der Waals surface area contributed by atoms with E-state index in [0.29, 0.717) is 63.3 Å². The summed E-state index contributed by atoms with van der Waals surface area (Å²) in [5.74, 6) is 5.81. The summed E-state index contributed by atoms with van der Waals surface area (Å²) in [5, 5.41) is 42.7. The molecule has 4 N–H and O–H groups in total. The summed E-state index contributed by atoms with van der Waals surface area (Å²) in [4.78, 5) is 52.5. The zero-order valence-electron chi connectivity index (χ0n) is 72.4. The summed E-state index contributed by atoms with van der Waals surface area (Å²) in [7, 11) is -2.81. The van der Waals surface area contributed by atoms with E-state index in [9.17, 15) is 0 Å². The maximum Gasteiger partial charge on any atom is 0.489 e. The van der Waals surface area contributed by atoms with Crippen molar-refractivity contribution in [1.82, 2.24) is 54.8 Å². The molecular formula is C115H80B2Br3N11O4. The van der Waals surface area contributed by atoms with Crippen molar-refractivity contribution in [1.29, 1.82) is 0 Å². The number of benzene rings is 17. The van der Waals surface area contributed by atoms with Crippen molar-refractivity contribution in [3.63, 3.8) is 0 Å². The van der Waals surface area contributed by atoms with Gasteiger partial charge in [0.1, 0.15) is 0 Å². The van der Waals surface area contributed by atoms with Gasteiger partial charge in [0.25, 0.3) is 0 Å². The lowest BCUT2D eigenvalue weighted by molar-refractivity contribution is 0.424. The maximum absolute atomic E-state index is 9.08. The standard InChI is InChI=1S/C42H28N4.C31H20BrN3.C21H13Br2N3.C11H10BNO2.C10H9BO2/c1-3-13-32(14-4-1)40-44-41(33-15-5-2-6-16-33)46-42(45-40)36-27-34(29-21-23-31(24-22-29)39-20-9-10-25-43-39)26-35(28-36)38-19-11-17-30-12-7-8-18-37(30)38;32-26-19-24(28-17-9-15-21-10-7-8-16-27(21)28)18-25(20-26)31-34-29(22-11-3-1-4-12-22)33-30(35-31)23-13-5-2-6-14-23;22-17-11-16(12-18(23)13-17)21-25-19(14-7-3-1-4-8-14)24-20(26-21)15-9-5-2-6-10-15;14-12(15)10-6-4-9(5-7-10)11-3-1-2-8-13-11;12-11(13)10-7-3-5-8-4-1-2-6-9(8)10/h1-28H;1-20H;1-13H;1-8,14-15H;1-7,12-13H. The Balaban J connectivity index is 0.000000121. The smallest absolute Gasteiger partial charge is 0.423 e. The average Bonchev–Trinajstić information content (AvgIpc) is 1.63. The Morgan fingerprint density at radius 3 is 0.793 bits per heavy atom. The highest BCUT2D eigenvalue weighted by atomic mass is 79.9. The summed E-state index contributed by atoms with van der Waals surface area (Å²) in [6, 6.07) is 149.